The van der Waals surface area contributed by atoms with Crippen molar-refractivity contribution < 1.29 is 4.79 Å². The normalized spacial score (nSPS) is 37.0. The van der Waals surface area contributed by atoms with Gasteiger partial charge < -0.3 is 9.88 Å². The van der Waals surface area contributed by atoms with Crippen molar-refractivity contribution in [1.29, 1.82) is 0 Å². The highest BCUT2D eigenvalue weighted by Crippen LogP contribution is 2.55. The highest BCUT2D eigenvalue weighted by Gasteiger charge is 2.51. The van der Waals surface area contributed by atoms with Gasteiger partial charge in [0.05, 0.1) is 0 Å². The van der Waals surface area contributed by atoms with Gasteiger partial charge in [0, 0.05) is 22.8 Å². The Balaban J connectivity index is 1.56. The van der Waals surface area contributed by atoms with Crippen LogP contribution in [0.1, 0.15) is 55.9 Å². The second kappa shape index (κ2) is 4.87. The first-order chi connectivity index (χ1) is 10.1. The van der Waals surface area contributed by atoms with Crippen LogP contribution in [0, 0.1) is 17.8 Å². The Morgan fingerprint density at radius 2 is 1.86 bits per heavy atom. The highest BCUT2D eigenvalue weighted by atomic mass is 79.9. The van der Waals surface area contributed by atoms with E-state index in [4.69, 9.17) is 0 Å². The van der Waals surface area contributed by atoms with E-state index in [0.717, 1.165) is 34.5 Å². The van der Waals surface area contributed by atoms with Crippen LogP contribution in [-0.4, -0.2) is 16.0 Å². The number of nitrogens with zero attached hydrogens (tertiary/aromatic N) is 1. The summed E-state index contributed by atoms with van der Waals surface area (Å²) in [6, 6.07) is 1.94. The van der Waals surface area contributed by atoms with Gasteiger partial charge in [0.15, 0.2) is 0 Å². The number of carbonyl (C=O) groups excluding carboxylic acids is 1. The summed E-state index contributed by atoms with van der Waals surface area (Å²) in [5.41, 5.74) is 0.890. The van der Waals surface area contributed by atoms with Gasteiger partial charge in [0.1, 0.15) is 5.69 Å². The molecule has 0 atom stereocenters. The van der Waals surface area contributed by atoms with E-state index in [9.17, 15) is 4.79 Å². The fourth-order valence-electron chi connectivity index (χ4n) is 5.50. The first-order valence-corrected chi connectivity index (χ1v) is 9.04. The van der Waals surface area contributed by atoms with E-state index in [1.165, 1.54) is 38.5 Å². The van der Waals surface area contributed by atoms with Gasteiger partial charge in [-0.15, -0.1) is 0 Å². The molecular formula is C17H23BrN2O. The standard InChI is InChI=1S/C17H23BrN2O/c1-2-20-10-14(18)6-15(20)16(21)19-17-7-11-3-12(8-17)5-13(4-11)9-17/h6,10-13H,2-5,7-9H2,1H3,(H,19,21). The predicted molar refractivity (Wildman–Crippen MR) is 86.2 cm³/mol. The van der Waals surface area contributed by atoms with Crippen LogP contribution < -0.4 is 5.32 Å². The van der Waals surface area contributed by atoms with Crippen molar-refractivity contribution in [2.45, 2.75) is 57.5 Å². The molecule has 0 unspecified atom stereocenters. The topological polar surface area (TPSA) is 34.0 Å². The lowest BCUT2D eigenvalue weighted by Gasteiger charge is -2.56. The molecule has 3 nitrogen and oxygen atoms in total. The summed E-state index contributed by atoms with van der Waals surface area (Å²) >= 11 is 3.48. The van der Waals surface area contributed by atoms with Crippen LogP contribution in [-0.2, 0) is 6.54 Å². The maximum absolute atomic E-state index is 12.8. The van der Waals surface area contributed by atoms with Crippen molar-refractivity contribution in [2.24, 2.45) is 17.8 Å². The molecular weight excluding hydrogens is 328 g/mol. The molecule has 4 bridgehead atoms. The second-order valence-corrected chi connectivity index (χ2v) is 8.40. The Morgan fingerprint density at radius 1 is 1.29 bits per heavy atom. The molecule has 1 N–H and O–H groups in total. The summed E-state index contributed by atoms with van der Waals surface area (Å²) < 4.78 is 3.01. The third-order valence-electron chi connectivity index (χ3n) is 5.85. The molecule has 4 saturated carbocycles. The molecule has 0 aliphatic heterocycles. The van der Waals surface area contributed by atoms with Crippen LogP contribution in [0.2, 0.25) is 0 Å². The van der Waals surface area contributed by atoms with Gasteiger partial charge in [-0.05, 0) is 85.2 Å². The van der Waals surface area contributed by atoms with Crippen LogP contribution >= 0.6 is 15.9 Å². The van der Waals surface area contributed by atoms with Crippen molar-refractivity contribution in [2.75, 3.05) is 0 Å². The van der Waals surface area contributed by atoms with Crippen molar-refractivity contribution >= 4 is 21.8 Å². The summed E-state index contributed by atoms with van der Waals surface area (Å²) in [5, 5.41) is 3.45. The SMILES string of the molecule is CCn1cc(Br)cc1C(=O)NC12CC3CC(CC(C3)C1)C2. The van der Waals surface area contributed by atoms with E-state index in [1.54, 1.807) is 0 Å². The maximum atomic E-state index is 12.8. The zero-order valence-corrected chi connectivity index (χ0v) is 14.2. The van der Waals surface area contributed by atoms with Crippen molar-refractivity contribution in [3.63, 3.8) is 0 Å². The van der Waals surface area contributed by atoms with E-state index >= 15 is 0 Å². The molecule has 4 aliphatic rings. The molecule has 21 heavy (non-hydrogen) atoms. The number of hydrogen-bond acceptors (Lipinski definition) is 1. The van der Waals surface area contributed by atoms with Gasteiger partial charge in [-0.1, -0.05) is 0 Å². The lowest BCUT2D eigenvalue weighted by Crippen LogP contribution is -2.60. The minimum atomic E-state index is 0.0984. The molecule has 1 aromatic rings. The van der Waals surface area contributed by atoms with Gasteiger partial charge in [-0.25, -0.2) is 0 Å². The van der Waals surface area contributed by atoms with Crippen molar-refractivity contribution in [1.82, 2.24) is 9.88 Å². The fraction of sp³-hybridized carbons (Fsp3) is 0.706. The van der Waals surface area contributed by atoms with Crippen LogP contribution in [0.3, 0.4) is 0 Å². The van der Waals surface area contributed by atoms with E-state index in [-0.39, 0.29) is 11.4 Å². The van der Waals surface area contributed by atoms with Crippen molar-refractivity contribution in [3.05, 3.63) is 22.4 Å². The molecule has 0 radical (unpaired) electrons. The monoisotopic (exact) mass is 350 g/mol. The van der Waals surface area contributed by atoms with E-state index in [2.05, 4.69) is 28.2 Å². The number of nitrogens with one attached hydrogen (secondary N) is 1. The molecule has 4 aliphatic carbocycles. The number of aromatic nitrogens is 1. The Bertz CT molecular complexity index is 542. The Hall–Kier alpha value is -0.770. The lowest BCUT2D eigenvalue weighted by atomic mass is 9.53. The Morgan fingerprint density at radius 3 is 2.38 bits per heavy atom. The average molecular weight is 351 g/mol. The molecule has 114 valence electrons. The van der Waals surface area contributed by atoms with Crippen LogP contribution in [0.5, 0.6) is 0 Å². The van der Waals surface area contributed by atoms with E-state index in [0.29, 0.717) is 0 Å². The summed E-state index contributed by atoms with van der Waals surface area (Å²) in [5.74, 6) is 2.70. The minimum absolute atomic E-state index is 0.0984. The van der Waals surface area contributed by atoms with Gasteiger partial charge >= 0.3 is 0 Å². The van der Waals surface area contributed by atoms with Gasteiger partial charge in [-0.3, -0.25) is 4.79 Å². The zero-order chi connectivity index (χ0) is 14.6. The van der Waals surface area contributed by atoms with Crippen LogP contribution in [0.4, 0.5) is 0 Å². The van der Waals surface area contributed by atoms with Gasteiger partial charge in [0.2, 0.25) is 0 Å². The molecule has 1 aromatic heterocycles. The Kier molecular flexibility index (Phi) is 3.21. The summed E-state index contributed by atoms with van der Waals surface area (Å²) in [7, 11) is 0. The molecule has 1 heterocycles. The largest absolute Gasteiger partial charge is 0.345 e. The molecule has 4 fully saturated rings. The van der Waals surface area contributed by atoms with Gasteiger partial charge in [0.25, 0.3) is 5.91 Å². The highest BCUT2D eigenvalue weighted by molar-refractivity contribution is 9.10. The molecule has 0 aromatic carbocycles. The summed E-state index contributed by atoms with van der Waals surface area (Å²) in [6.07, 6.45) is 9.84. The predicted octanol–water partition coefficient (Wildman–Crippen LogP) is 3.97. The smallest absolute Gasteiger partial charge is 0.268 e. The van der Waals surface area contributed by atoms with Crippen LogP contribution in [0.25, 0.3) is 0 Å². The van der Waals surface area contributed by atoms with Gasteiger partial charge in [-0.2, -0.15) is 0 Å². The molecule has 1 amide bonds. The number of halogens is 1. The van der Waals surface area contributed by atoms with Crippen LogP contribution in [0.15, 0.2) is 16.7 Å². The number of rotatable bonds is 3. The fourth-order valence-corrected chi connectivity index (χ4v) is 5.96. The number of amides is 1. The number of hydrogen-bond donors (Lipinski definition) is 1. The number of aryl methyl sites for hydroxylation is 1. The quantitative estimate of drug-likeness (QED) is 0.879. The summed E-state index contributed by atoms with van der Waals surface area (Å²) in [6.45, 7) is 2.91. The Labute approximate surface area is 134 Å². The molecule has 5 rings (SSSR count). The number of carbonyl (C=O) groups is 1. The first-order valence-electron chi connectivity index (χ1n) is 8.25. The van der Waals surface area contributed by atoms with Crippen molar-refractivity contribution in [3.8, 4) is 0 Å². The maximum Gasteiger partial charge on any atom is 0.268 e. The lowest BCUT2D eigenvalue weighted by molar-refractivity contribution is -0.0168. The molecule has 0 spiro atoms. The van der Waals surface area contributed by atoms with E-state index in [1.807, 2.05) is 16.8 Å². The van der Waals surface area contributed by atoms with E-state index < -0.39 is 0 Å². The summed E-state index contributed by atoms with van der Waals surface area (Å²) in [4.78, 5) is 12.8. The third-order valence-corrected chi connectivity index (χ3v) is 6.29. The second-order valence-electron chi connectivity index (χ2n) is 7.48. The average Bonchev–Trinajstić information content (AvgIpc) is 2.78. The minimum Gasteiger partial charge on any atom is -0.345 e. The zero-order valence-electron chi connectivity index (χ0n) is 12.6. The molecule has 0 saturated heterocycles. The third kappa shape index (κ3) is 2.36. The first kappa shape index (κ1) is 13.9. The molecule has 4 heteroatoms.